The lowest BCUT2D eigenvalue weighted by atomic mass is 10.0. The molecule has 2 heterocycles. The summed E-state index contributed by atoms with van der Waals surface area (Å²) in [5, 5.41) is 9.01. The highest BCUT2D eigenvalue weighted by Gasteiger charge is 2.40. The van der Waals surface area contributed by atoms with Crippen LogP contribution in [0.5, 0.6) is 0 Å². The Labute approximate surface area is 94.4 Å². The van der Waals surface area contributed by atoms with Gasteiger partial charge >= 0.3 is 5.97 Å². The van der Waals surface area contributed by atoms with Crippen LogP contribution in [-0.4, -0.2) is 47.2 Å². The molecular weight excluding hydrogens is 210 g/mol. The molecule has 2 aliphatic heterocycles. The van der Waals surface area contributed by atoms with Gasteiger partial charge in [0.05, 0.1) is 0 Å². The van der Waals surface area contributed by atoms with Gasteiger partial charge in [-0.25, -0.2) is 4.79 Å². The fraction of sp³-hybridized carbons (Fsp3) is 0.818. The summed E-state index contributed by atoms with van der Waals surface area (Å²) in [7, 11) is 0. The highest BCUT2D eigenvalue weighted by atomic mass is 16.5. The van der Waals surface area contributed by atoms with Gasteiger partial charge in [0.25, 0.3) is 5.91 Å². The maximum atomic E-state index is 12.1. The molecule has 0 radical (unpaired) electrons. The Morgan fingerprint density at radius 2 is 2.12 bits per heavy atom. The van der Waals surface area contributed by atoms with E-state index in [0.29, 0.717) is 19.6 Å². The van der Waals surface area contributed by atoms with Crippen molar-refractivity contribution in [3.05, 3.63) is 0 Å². The highest BCUT2D eigenvalue weighted by molar-refractivity contribution is 5.87. The number of ether oxygens (including phenoxy) is 1. The fourth-order valence-electron chi connectivity index (χ4n) is 2.46. The standard InChI is InChI=1S/C11H17NO4/c1-7-4-6-16-9(7)10(13)12-5-2-3-8(12)11(14)15/h7-9H,2-6H2,1H3,(H,14,15)/t7?,8-,9?/m1/s1. The molecule has 0 aromatic heterocycles. The number of carboxylic acids is 1. The molecule has 5 heteroatoms. The molecular formula is C11H17NO4. The molecule has 1 amide bonds. The summed E-state index contributed by atoms with van der Waals surface area (Å²) in [6, 6.07) is -0.649. The van der Waals surface area contributed by atoms with Gasteiger partial charge in [-0.2, -0.15) is 0 Å². The first-order chi connectivity index (χ1) is 7.61. The van der Waals surface area contributed by atoms with Gasteiger partial charge in [0.1, 0.15) is 12.1 Å². The lowest BCUT2D eigenvalue weighted by molar-refractivity contribution is -0.153. The van der Waals surface area contributed by atoms with Crippen molar-refractivity contribution in [3.8, 4) is 0 Å². The van der Waals surface area contributed by atoms with Gasteiger partial charge in [-0.3, -0.25) is 4.79 Å². The number of hydrogen-bond acceptors (Lipinski definition) is 3. The summed E-state index contributed by atoms with van der Waals surface area (Å²) in [5.41, 5.74) is 0. The minimum absolute atomic E-state index is 0.144. The predicted molar refractivity (Wildman–Crippen MR) is 55.9 cm³/mol. The Morgan fingerprint density at radius 3 is 2.69 bits per heavy atom. The van der Waals surface area contributed by atoms with Gasteiger partial charge in [-0.1, -0.05) is 6.92 Å². The molecule has 0 aromatic carbocycles. The Morgan fingerprint density at radius 1 is 1.38 bits per heavy atom. The first-order valence-corrected chi connectivity index (χ1v) is 5.76. The van der Waals surface area contributed by atoms with Gasteiger partial charge in [-0.05, 0) is 25.2 Å². The predicted octanol–water partition coefficient (Wildman–Crippen LogP) is 0.487. The van der Waals surface area contributed by atoms with Crippen LogP contribution in [0.15, 0.2) is 0 Å². The number of amides is 1. The summed E-state index contributed by atoms with van der Waals surface area (Å²) in [4.78, 5) is 24.6. The molecule has 2 saturated heterocycles. The zero-order chi connectivity index (χ0) is 11.7. The zero-order valence-corrected chi connectivity index (χ0v) is 9.39. The molecule has 2 rings (SSSR count). The van der Waals surface area contributed by atoms with Crippen molar-refractivity contribution in [2.24, 2.45) is 5.92 Å². The van der Waals surface area contributed by atoms with Crippen LogP contribution in [0.2, 0.25) is 0 Å². The van der Waals surface area contributed by atoms with E-state index in [2.05, 4.69) is 0 Å². The van der Waals surface area contributed by atoms with Crippen molar-refractivity contribution in [2.45, 2.75) is 38.3 Å². The third-order valence-corrected chi connectivity index (χ3v) is 3.45. The van der Waals surface area contributed by atoms with E-state index in [0.717, 1.165) is 12.8 Å². The highest BCUT2D eigenvalue weighted by Crippen LogP contribution is 2.26. The van der Waals surface area contributed by atoms with Gasteiger partial charge in [0.2, 0.25) is 0 Å². The Hall–Kier alpha value is -1.10. The normalized spacial score (nSPS) is 34.3. The van der Waals surface area contributed by atoms with Crippen LogP contribution in [0.4, 0.5) is 0 Å². The second-order valence-corrected chi connectivity index (χ2v) is 4.59. The first kappa shape index (κ1) is 11.4. The lowest BCUT2D eigenvalue weighted by Gasteiger charge is -2.25. The van der Waals surface area contributed by atoms with Gasteiger partial charge in [0.15, 0.2) is 0 Å². The van der Waals surface area contributed by atoms with E-state index in [1.54, 1.807) is 0 Å². The molecule has 5 nitrogen and oxygen atoms in total. The van der Waals surface area contributed by atoms with Crippen LogP contribution in [0.25, 0.3) is 0 Å². The number of carbonyl (C=O) groups excluding carboxylic acids is 1. The van der Waals surface area contributed by atoms with E-state index in [-0.39, 0.29) is 11.8 Å². The quantitative estimate of drug-likeness (QED) is 0.745. The van der Waals surface area contributed by atoms with Gasteiger partial charge < -0.3 is 14.7 Å². The van der Waals surface area contributed by atoms with Crippen molar-refractivity contribution in [3.63, 3.8) is 0 Å². The molecule has 16 heavy (non-hydrogen) atoms. The summed E-state index contributed by atoms with van der Waals surface area (Å²) in [5.74, 6) is -0.853. The molecule has 2 fully saturated rings. The number of carboxylic acid groups (broad SMARTS) is 1. The van der Waals surface area contributed by atoms with Crippen LogP contribution >= 0.6 is 0 Å². The number of likely N-dealkylation sites (tertiary alicyclic amines) is 1. The number of aliphatic carboxylic acids is 1. The SMILES string of the molecule is CC1CCOC1C(=O)N1CCC[C@@H]1C(=O)O. The molecule has 0 aliphatic carbocycles. The molecule has 1 N–H and O–H groups in total. The first-order valence-electron chi connectivity index (χ1n) is 5.76. The molecule has 0 bridgehead atoms. The van der Waals surface area contributed by atoms with Gasteiger partial charge in [0, 0.05) is 13.2 Å². The Bertz CT molecular complexity index is 304. The van der Waals surface area contributed by atoms with Crippen molar-refractivity contribution in [2.75, 3.05) is 13.2 Å². The number of hydrogen-bond donors (Lipinski definition) is 1. The van der Waals surface area contributed by atoms with Crippen LogP contribution in [0.1, 0.15) is 26.2 Å². The van der Waals surface area contributed by atoms with Gasteiger partial charge in [-0.15, -0.1) is 0 Å². The number of nitrogens with zero attached hydrogens (tertiary/aromatic N) is 1. The molecule has 3 atom stereocenters. The van der Waals surface area contributed by atoms with Crippen molar-refractivity contribution in [1.29, 1.82) is 0 Å². The number of carbonyl (C=O) groups is 2. The maximum Gasteiger partial charge on any atom is 0.326 e. The zero-order valence-electron chi connectivity index (χ0n) is 9.39. The molecule has 2 aliphatic rings. The summed E-state index contributed by atoms with van der Waals surface area (Å²) in [6.45, 7) is 3.12. The largest absolute Gasteiger partial charge is 0.480 e. The third kappa shape index (κ3) is 1.91. The smallest absolute Gasteiger partial charge is 0.326 e. The van der Waals surface area contributed by atoms with E-state index in [9.17, 15) is 9.59 Å². The minimum Gasteiger partial charge on any atom is -0.480 e. The maximum absolute atomic E-state index is 12.1. The average Bonchev–Trinajstić information content (AvgIpc) is 2.84. The lowest BCUT2D eigenvalue weighted by Crippen LogP contribution is -2.46. The second kappa shape index (κ2) is 4.41. The third-order valence-electron chi connectivity index (χ3n) is 3.45. The monoisotopic (exact) mass is 227 g/mol. The van der Waals surface area contributed by atoms with Crippen molar-refractivity contribution < 1.29 is 19.4 Å². The molecule has 0 aromatic rings. The topological polar surface area (TPSA) is 66.8 Å². The van der Waals surface area contributed by atoms with E-state index in [1.807, 2.05) is 6.92 Å². The van der Waals surface area contributed by atoms with Crippen molar-refractivity contribution in [1.82, 2.24) is 4.90 Å². The van der Waals surface area contributed by atoms with E-state index < -0.39 is 18.1 Å². The molecule has 0 spiro atoms. The summed E-state index contributed by atoms with van der Waals surface area (Å²) in [6.07, 6.45) is 1.77. The van der Waals surface area contributed by atoms with Crippen molar-refractivity contribution >= 4 is 11.9 Å². The Kier molecular flexibility index (Phi) is 3.14. The van der Waals surface area contributed by atoms with E-state index >= 15 is 0 Å². The van der Waals surface area contributed by atoms with Crippen LogP contribution in [0.3, 0.4) is 0 Å². The Balaban J connectivity index is 2.06. The summed E-state index contributed by atoms with van der Waals surface area (Å²) >= 11 is 0. The fourth-order valence-corrected chi connectivity index (χ4v) is 2.46. The molecule has 2 unspecified atom stereocenters. The minimum atomic E-state index is -0.906. The number of rotatable bonds is 2. The van der Waals surface area contributed by atoms with Crippen LogP contribution in [0, 0.1) is 5.92 Å². The van der Waals surface area contributed by atoms with Crippen LogP contribution in [-0.2, 0) is 14.3 Å². The average molecular weight is 227 g/mol. The van der Waals surface area contributed by atoms with E-state index in [4.69, 9.17) is 9.84 Å². The van der Waals surface area contributed by atoms with E-state index in [1.165, 1.54) is 4.90 Å². The summed E-state index contributed by atoms with van der Waals surface area (Å²) < 4.78 is 5.38. The van der Waals surface area contributed by atoms with Crippen LogP contribution < -0.4 is 0 Å². The second-order valence-electron chi connectivity index (χ2n) is 4.59. The molecule has 90 valence electrons. The molecule has 0 saturated carbocycles.